The first-order valence-corrected chi connectivity index (χ1v) is 11.9. The van der Waals surface area contributed by atoms with Crippen molar-refractivity contribution in [2.75, 3.05) is 49.5 Å². The van der Waals surface area contributed by atoms with E-state index in [1.807, 2.05) is 60.4 Å². The summed E-state index contributed by atoms with van der Waals surface area (Å²) in [5, 5.41) is 14.8. The number of anilines is 2. The van der Waals surface area contributed by atoms with Gasteiger partial charge in [-0.3, -0.25) is 14.9 Å². The number of amides is 1. The molecule has 1 aliphatic heterocycles. The van der Waals surface area contributed by atoms with E-state index in [0.29, 0.717) is 56.3 Å². The number of carbonyl (C=O) groups excluding carboxylic acids is 1. The van der Waals surface area contributed by atoms with E-state index >= 15 is 0 Å². The lowest BCUT2D eigenvalue weighted by Gasteiger charge is -2.36. The molecule has 4 rings (SSSR count). The Morgan fingerprint density at radius 3 is 2.49 bits per heavy atom. The van der Waals surface area contributed by atoms with Gasteiger partial charge in [0.25, 0.3) is 11.6 Å². The molecule has 1 saturated heterocycles. The van der Waals surface area contributed by atoms with E-state index in [0.717, 1.165) is 12.1 Å². The molecule has 1 fully saturated rings. The van der Waals surface area contributed by atoms with Gasteiger partial charge in [-0.05, 0) is 49.2 Å². The number of nitro groups is 1. The molecule has 8 nitrogen and oxygen atoms in total. The van der Waals surface area contributed by atoms with Crippen LogP contribution in [0.3, 0.4) is 0 Å². The lowest BCUT2D eigenvalue weighted by atomic mass is 10.1. The number of piperazine rings is 1. The number of benzene rings is 3. The Kier molecular flexibility index (Phi) is 7.82. The van der Waals surface area contributed by atoms with Crippen LogP contribution in [0.1, 0.15) is 22.8 Å². The van der Waals surface area contributed by atoms with Crippen LogP contribution in [0, 0.1) is 10.1 Å². The van der Waals surface area contributed by atoms with Gasteiger partial charge >= 0.3 is 0 Å². The molecule has 8 heteroatoms. The number of nitro benzene ring substituents is 1. The molecule has 0 bridgehead atoms. The molecule has 0 atom stereocenters. The number of nitrogens with zero attached hydrogens (tertiary/aromatic N) is 3. The van der Waals surface area contributed by atoms with Crippen molar-refractivity contribution in [3.8, 4) is 5.75 Å². The molecule has 3 aromatic carbocycles. The summed E-state index contributed by atoms with van der Waals surface area (Å²) in [6.07, 6.45) is 0.771. The molecular formula is C27H30N4O4. The number of ether oxygens (including phenoxy) is 1. The normalized spacial score (nSPS) is 13.4. The van der Waals surface area contributed by atoms with Crippen molar-refractivity contribution < 1.29 is 14.5 Å². The van der Waals surface area contributed by atoms with Crippen LogP contribution in [0.4, 0.5) is 17.1 Å². The number of hydrogen-bond acceptors (Lipinski definition) is 6. The smallest absolute Gasteiger partial charge is 0.292 e. The van der Waals surface area contributed by atoms with Gasteiger partial charge in [0.1, 0.15) is 11.4 Å². The lowest BCUT2D eigenvalue weighted by Crippen LogP contribution is -2.48. The van der Waals surface area contributed by atoms with E-state index in [4.69, 9.17) is 4.74 Å². The van der Waals surface area contributed by atoms with Crippen molar-refractivity contribution in [3.05, 3.63) is 94.0 Å². The first kappa shape index (κ1) is 24.1. The number of hydrogen-bond donors (Lipinski definition) is 1. The predicted octanol–water partition coefficient (Wildman–Crippen LogP) is 4.61. The third-order valence-corrected chi connectivity index (χ3v) is 6.07. The van der Waals surface area contributed by atoms with Gasteiger partial charge in [-0.15, -0.1) is 0 Å². The summed E-state index contributed by atoms with van der Waals surface area (Å²) in [4.78, 5) is 28.2. The Hall–Kier alpha value is -4.07. The van der Waals surface area contributed by atoms with Crippen LogP contribution in [0.2, 0.25) is 0 Å². The average molecular weight is 475 g/mol. The minimum Gasteiger partial charge on any atom is -0.494 e. The number of rotatable bonds is 9. The topological polar surface area (TPSA) is 88.0 Å². The molecule has 0 aromatic heterocycles. The first-order chi connectivity index (χ1) is 17.0. The SMILES string of the molecule is CCOc1cccc(C(=O)N2CCN(c3ccc([N+](=O)[O-])c(NCCc4ccccc4)c3)CC2)c1. The molecule has 1 heterocycles. The maximum atomic E-state index is 13.0. The van der Waals surface area contributed by atoms with Gasteiger partial charge in [0.2, 0.25) is 0 Å². The highest BCUT2D eigenvalue weighted by Gasteiger charge is 2.24. The molecule has 3 aromatic rings. The van der Waals surface area contributed by atoms with Crippen LogP contribution in [0.15, 0.2) is 72.8 Å². The Morgan fingerprint density at radius 1 is 1.00 bits per heavy atom. The van der Waals surface area contributed by atoms with Crippen LogP contribution < -0.4 is 15.0 Å². The zero-order chi connectivity index (χ0) is 24.6. The second-order valence-corrected chi connectivity index (χ2v) is 8.36. The molecular weight excluding hydrogens is 444 g/mol. The van der Waals surface area contributed by atoms with Crippen molar-refractivity contribution in [2.45, 2.75) is 13.3 Å². The predicted molar refractivity (Wildman–Crippen MR) is 137 cm³/mol. The molecule has 0 unspecified atom stereocenters. The van der Waals surface area contributed by atoms with Crippen LogP contribution in [-0.2, 0) is 6.42 Å². The molecule has 182 valence electrons. The van der Waals surface area contributed by atoms with Gasteiger partial charge in [0.15, 0.2) is 0 Å². The third kappa shape index (κ3) is 6.09. The minimum absolute atomic E-state index is 0.0156. The first-order valence-electron chi connectivity index (χ1n) is 11.9. The van der Waals surface area contributed by atoms with Crippen molar-refractivity contribution in [2.24, 2.45) is 0 Å². The fraction of sp³-hybridized carbons (Fsp3) is 0.296. The summed E-state index contributed by atoms with van der Waals surface area (Å²) in [6, 6.07) is 22.5. The van der Waals surface area contributed by atoms with Crippen molar-refractivity contribution in [1.82, 2.24) is 4.90 Å². The average Bonchev–Trinajstić information content (AvgIpc) is 2.89. The van der Waals surface area contributed by atoms with E-state index in [9.17, 15) is 14.9 Å². The Balaban J connectivity index is 1.39. The second kappa shape index (κ2) is 11.4. The summed E-state index contributed by atoms with van der Waals surface area (Å²) in [5.74, 6) is 0.674. The highest BCUT2D eigenvalue weighted by Crippen LogP contribution is 2.30. The van der Waals surface area contributed by atoms with Gasteiger partial charge < -0.3 is 19.9 Å². The van der Waals surface area contributed by atoms with Gasteiger partial charge in [0.05, 0.1) is 11.5 Å². The number of nitrogens with one attached hydrogen (secondary N) is 1. The van der Waals surface area contributed by atoms with Gasteiger partial charge in [0, 0.05) is 50.0 Å². The maximum Gasteiger partial charge on any atom is 0.292 e. The Labute approximate surface area is 205 Å². The largest absolute Gasteiger partial charge is 0.494 e. The summed E-state index contributed by atoms with van der Waals surface area (Å²) < 4.78 is 5.52. The summed E-state index contributed by atoms with van der Waals surface area (Å²) in [6.45, 7) is 5.51. The summed E-state index contributed by atoms with van der Waals surface area (Å²) >= 11 is 0. The Morgan fingerprint density at radius 2 is 1.77 bits per heavy atom. The van der Waals surface area contributed by atoms with E-state index in [1.54, 1.807) is 24.3 Å². The third-order valence-electron chi connectivity index (χ3n) is 6.07. The molecule has 0 aliphatic carbocycles. The highest BCUT2D eigenvalue weighted by atomic mass is 16.6. The Bertz CT molecular complexity index is 1160. The maximum absolute atomic E-state index is 13.0. The molecule has 1 amide bonds. The monoisotopic (exact) mass is 474 g/mol. The number of carbonyl (C=O) groups is 1. The molecule has 1 aliphatic rings. The van der Waals surface area contributed by atoms with Crippen molar-refractivity contribution in [1.29, 1.82) is 0 Å². The summed E-state index contributed by atoms with van der Waals surface area (Å²) in [5.41, 5.74) is 3.26. The van der Waals surface area contributed by atoms with E-state index < -0.39 is 0 Å². The van der Waals surface area contributed by atoms with Gasteiger partial charge in [-0.25, -0.2) is 0 Å². The van der Waals surface area contributed by atoms with Gasteiger partial charge in [-0.2, -0.15) is 0 Å². The van der Waals surface area contributed by atoms with Crippen LogP contribution in [0.25, 0.3) is 0 Å². The van der Waals surface area contributed by atoms with E-state index in [-0.39, 0.29) is 16.5 Å². The highest BCUT2D eigenvalue weighted by molar-refractivity contribution is 5.94. The zero-order valence-corrected chi connectivity index (χ0v) is 19.9. The van der Waals surface area contributed by atoms with Gasteiger partial charge in [-0.1, -0.05) is 36.4 Å². The standard InChI is InChI=1S/C27H30N4O4/c1-2-35-24-10-6-9-22(19-24)27(32)30-17-15-29(16-18-30)23-11-12-26(31(33)34)25(20-23)28-14-13-21-7-4-3-5-8-21/h3-12,19-20,28H,2,13-18H2,1H3. The molecule has 1 N–H and O–H groups in total. The molecule has 35 heavy (non-hydrogen) atoms. The van der Waals surface area contributed by atoms with Crippen LogP contribution in [-0.4, -0.2) is 55.1 Å². The van der Waals surface area contributed by atoms with Crippen molar-refractivity contribution in [3.63, 3.8) is 0 Å². The van der Waals surface area contributed by atoms with Crippen LogP contribution in [0.5, 0.6) is 5.75 Å². The molecule has 0 spiro atoms. The van der Waals surface area contributed by atoms with E-state index in [1.165, 1.54) is 5.56 Å². The molecule has 0 saturated carbocycles. The second-order valence-electron chi connectivity index (χ2n) is 8.36. The fourth-order valence-corrected chi connectivity index (χ4v) is 4.24. The quantitative estimate of drug-likeness (QED) is 0.360. The van der Waals surface area contributed by atoms with E-state index in [2.05, 4.69) is 10.2 Å². The summed E-state index contributed by atoms with van der Waals surface area (Å²) in [7, 11) is 0. The zero-order valence-electron chi connectivity index (χ0n) is 19.9. The lowest BCUT2D eigenvalue weighted by molar-refractivity contribution is -0.383. The van der Waals surface area contributed by atoms with Crippen LogP contribution >= 0.6 is 0 Å². The minimum atomic E-state index is -0.360. The fourth-order valence-electron chi connectivity index (χ4n) is 4.24. The van der Waals surface area contributed by atoms with Crippen molar-refractivity contribution >= 4 is 23.0 Å². The molecule has 0 radical (unpaired) electrons.